The van der Waals surface area contributed by atoms with Crippen molar-refractivity contribution in [3.8, 4) is 0 Å². The van der Waals surface area contributed by atoms with Crippen LogP contribution in [0.3, 0.4) is 0 Å². The number of thioether (sulfide) groups is 1. The zero-order valence-electron chi connectivity index (χ0n) is 9.71. The summed E-state index contributed by atoms with van der Waals surface area (Å²) < 4.78 is 0. The van der Waals surface area contributed by atoms with E-state index in [0.717, 1.165) is 22.7 Å². The summed E-state index contributed by atoms with van der Waals surface area (Å²) in [4.78, 5) is 15.9. The van der Waals surface area contributed by atoms with Gasteiger partial charge in [0.05, 0.1) is 12.2 Å². The number of carboxylic acid groups (broad SMARTS) is 1. The lowest BCUT2D eigenvalue weighted by Crippen LogP contribution is -2.01. The van der Waals surface area contributed by atoms with Crippen molar-refractivity contribution in [1.82, 2.24) is 4.98 Å². The molecule has 94 valence electrons. The molecule has 2 N–H and O–H groups in total. The fourth-order valence-corrected chi connectivity index (χ4v) is 2.53. The Morgan fingerprint density at radius 3 is 3.06 bits per heavy atom. The number of nitrogens with zero attached hydrogens (tertiary/aromatic N) is 1. The van der Waals surface area contributed by atoms with Crippen LogP contribution < -0.4 is 5.32 Å². The van der Waals surface area contributed by atoms with E-state index < -0.39 is 5.97 Å². The van der Waals surface area contributed by atoms with E-state index in [1.807, 2.05) is 24.5 Å². The molecule has 0 radical (unpaired) electrons. The van der Waals surface area contributed by atoms with E-state index in [1.165, 1.54) is 4.90 Å². The number of anilines is 1. The maximum atomic E-state index is 10.7. The molecule has 0 saturated heterocycles. The number of hydrogen-bond donors (Lipinski definition) is 2. The molecule has 0 aliphatic rings. The fourth-order valence-electron chi connectivity index (χ4n) is 1.41. The minimum atomic E-state index is -0.976. The molecule has 2 rings (SSSR count). The second kappa shape index (κ2) is 5.88. The minimum absolute atomic E-state index is 0.129. The standard InChI is InChI=1S/C12H12N2O2S2/c1-17-10-4-2-3-8(5-10)13-6-9-7-18-11(14-9)12(15)16/h2-5,7,13H,6H2,1H3,(H,15,16). The summed E-state index contributed by atoms with van der Waals surface area (Å²) >= 11 is 2.83. The van der Waals surface area contributed by atoms with Crippen LogP contribution in [0.25, 0.3) is 0 Å². The van der Waals surface area contributed by atoms with E-state index in [0.29, 0.717) is 6.54 Å². The Kier molecular flexibility index (Phi) is 4.22. The lowest BCUT2D eigenvalue weighted by atomic mass is 10.3. The van der Waals surface area contributed by atoms with Gasteiger partial charge in [-0.2, -0.15) is 0 Å². The van der Waals surface area contributed by atoms with E-state index in [1.54, 1.807) is 17.1 Å². The van der Waals surface area contributed by atoms with Gasteiger partial charge in [-0.15, -0.1) is 23.1 Å². The van der Waals surface area contributed by atoms with Crippen LogP contribution in [0.5, 0.6) is 0 Å². The Hall–Kier alpha value is -1.53. The minimum Gasteiger partial charge on any atom is -0.476 e. The summed E-state index contributed by atoms with van der Waals surface area (Å²) in [5.41, 5.74) is 1.75. The molecular weight excluding hydrogens is 268 g/mol. The quantitative estimate of drug-likeness (QED) is 0.824. The normalized spacial score (nSPS) is 10.3. The van der Waals surface area contributed by atoms with Gasteiger partial charge >= 0.3 is 5.97 Å². The van der Waals surface area contributed by atoms with E-state index in [4.69, 9.17) is 5.11 Å². The van der Waals surface area contributed by atoms with Crippen molar-refractivity contribution in [1.29, 1.82) is 0 Å². The average molecular weight is 280 g/mol. The van der Waals surface area contributed by atoms with Crippen molar-refractivity contribution in [2.45, 2.75) is 11.4 Å². The first-order chi connectivity index (χ1) is 8.69. The number of carbonyl (C=O) groups is 1. The summed E-state index contributed by atoms with van der Waals surface area (Å²) in [5.74, 6) is -0.976. The molecule has 0 amide bonds. The van der Waals surface area contributed by atoms with E-state index >= 15 is 0 Å². The van der Waals surface area contributed by atoms with Crippen LogP contribution in [0.4, 0.5) is 5.69 Å². The third-order valence-electron chi connectivity index (χ3n) is 2.28. The van der Waals surface area contributed by atoms with Gasteiger partial charge in [-0.1, -0.05) is 6.07 Å². The van der Waals surface area contributed by atoms with Crippen molar-refractivity contribution >= 4 is 34.8 Å². The number of hydrogen-bond acceptors (Lipinski definition) is 5. The highest BCUT2D eigenvalue weighted by Crippen LogP contribution is 2.19. The van der Waals surface area contributed by atoms with Crippen LogP contribution in [0.1, 0.15) is 15.5 Å². The number of aromatic nitrogens is 1. The summed E-state index contributed by atoms with van der Waals surface area (Å²) in [5, 5.41) is 13.9. The lowest BCUT2D eigenvalue weighted by Gasteiger charge is -2.05. The molecule has 0 fully saturated rings. The van der Waals surface area contributed by atoms with Gasteiger partial charge in [-0.05, 0) is 24.5 Å². The monoisotopic (exact) mass is 280 g/mol. The predicted octanol–water partition coefficient (Wildman–Crippen LogP) is 3.18. The van der Waals surface area contributed by atoms with Gasteiger partial charge in [0, 0.05) is 16.0 Å². The number of rotatable bonds is 5. The molecule has 0 saturated carbocycles. The molecule has 0 bridgehead atoms. The Bertz CT molecular complexity index is 555. The van der Waals surface area contributed by atoms with Crippen molar-refractivity contribution in [2.24, 2.45) is 0 Å². The van der Waals surface area contributed by atoms with Gasteiger partial charge in [0.25, 0.3) is 0 Å². The summed E-state index contributed by atoms with van der Waals surface area (Å²) in [6.07, 6.45) is 2.03. The molecule has 1 aromatic carbocycles. The predicted molar refractivity (Wildman–Crippen MR) is 74.6 cm³/mol. The highest BCUT2D eigenvalue weighted by molar-refractivity contribution is 7.98. The van der Waals surface area contributed by atoms with Gasteiger partial charge in [0.15, 0.2) is 0 Å². The Balaban J connectivity index is 1.99. The Morgan fingerprint density at radius 2 is 2.39 bits per heavy atom. The summed E-state index contributed by atoms with van der Waals surface area (Å²) in [6.45, 7) is 0.529. The highest BCUT2D eigenvalue weighted by Gasteiger charge is 2.08. The fraction of sp³-hybridized carbons (Fsp3) is 0.167. The Morgan fingerprint density at radius 1 is 1.56 bits per heavy atom. The molecule has 1 aromatic heterocycles. The van der Waals surface area contributed by atoms with Crippen molar-refractivity contribution in [3.63, 3.8) is 0 Å². The second-order valence-electron chi connectivity index (χ2n) is 3.53. The number of nitrogens with one attached hydrogen (secondary N) is 1. The topological polar surface area (TPSA) is 62.2 Å². The average Bonchev–Trinajstić information content (AvgIpc) is 2.85. The van der Waals surface area contributed by atoms with Crippen LogP contribution in [0.15, 0.2) is 34.5 Å². The molecule has 18 heavy (non-hydrogen) atoms. The van der Waals surface area contributed by atoms with Crippen molar-refractivity contribution in [2.75, 3.05) is 11.6 Å². The molecule has 0 spiro atoms. The SMILES string of the molecule is CSc1cccc(NCc2csc(C(=O)O)n2)c1. The molecule has 0 unspecified atom stereocenters. The van der Waals surface area contributed by atoms with E-state index in [9.17, 15) is 4.79 Å². The maximum absolute atomic E-state index is 10.7. The number of aromatic carboxylic acids is 1. The maximum Gasteiger partial charge on any atom is 0.365 e. The van der Waals surface area contributed by atoms with Crippen LogP contribution in [-0.4, -0.2) is 22.3 Å². The third-order valence-corrected chi connectivity index (χ3v) is 3.88. The van der Waals surface area contributed by atoms with E-state index in [-0.39, 0.29) is 5.01 Å². The molecule has 1 heterocycles. The molecule has 0 aliphatic carbocycles. The largest absolute Gasteiger partial charge is 0.476 e. The van der Waals surface area contributed by atoms with Gasteiger partial charge in [-0.3, -0.25) is 0 Å². The molecule has 4 nitrogen and oxygen atoms in total. The van der Waals surface area contributed by atoms with E-state index in [2.05, 4.69) is 16.4 Å². The summed E-state index contributed by atoms with van der Waals surface area (Å²) in [6, 6.07) is 8.05. The van der Waals surface area contributed by atoms with Crippen LogP contribution in [0.2, 0.25) is 0 Å². The first kappa shape index (κ1) is 12.9. The smallest absolute Gasteiger partial charge is 0.365 e. The number of carboxylic acids is 1. The van der Waals surface area contributed by atoms with Crippen molar-refractivity contribution < 1.29 is 9.90 Å². The number of thiazole rings is 1. The highest BCUT2D eigenvalue weighted by atomic mass is 32.2. The zero-order valence-corrected chi connectivity index (χ0v) is 11.3. The molecule has 2 aromatic rings. The first-order valence-electron chi connectivity index (χ1n) is 5.24. The van der Waals surface area contributed by atoms with Crippen LogP contribution in [0, 0.1) is 0 Å². The molecule has 6 heteroatoms. The zero-order chi connectivity index (χ0) is 13.0. The molecule has 0 atom stereocenters. The second-order valence-corrected chi connectivity index (χ2v) is 5.27. The van der Waals surface area contributed by atoms with Crippen molar-refractivity contribution in [3.05, 3.63) is 40.3 Å². The van der Waals surface area contributed by atoms with Crippen LogP contribution in [-0.2, 0) is 6.54 Å². The lowest BCUT2D eigenvalue weighted by molar-refractivity contribution is 0.0696. The Labute approximate surface area is 113 Å². The summed E-state index contributed by atoms with van der Waals surface area (Å²) in [7, 11) is 0. The first-order valence-corrected chi connectivity index (χ1v) is 7.35. The van der Waals surface area contributed by atoms with Gasteiger partial charge in [0.2, 0.25) is 5.01 Å². The van der Waals surface area contributed by atoms with Crippen LogP contribution >= 0.6 is 23.1 Å². The van der Waals surface area contributed by atoms with Gasteiger partial charge in [-0.25, -0.2) is 9.78 Å². The van der Waals surface area contributed by atoms with Gasteiger partial charge < -0.3 is 10.4 Å². The van der Waals surface area contributed by atoms with Gasteiger partial charge in [0.1, 0.15) is 0 Å². The molecule has 0 aliphatic heterocycles. The number of benzene rings is 1. The third kappa shape index (κ3) is 3.24. The molecular formula is C12H12N2O2S2.